The Hall–Kier alpha value is -3.58. The van der Waals surface area contributed by atoms with Crippen molar-refractivity contribution < 1.29 is 14.0 Å². The highest BCUT2D eigenvalue weighted by molar-refractivity contribution is 8.00. The topological polar surface area (TPSA) is 63.1 Å². The van der Waals surface area contributed by atoms with Crippen LogP contribution in [0.3, 0.4) is 0 Å². The van der Waals surface area contributed by atoms with Crippen molar-refractivity contribution >= 4 is 40.2 Å². The molecule has 3 aromatic carbocycles. The van der Waals surface area contributed by atoms with Crippen LogP contribution in [-0.4, -0.2) is 28.7 Å². The van der Waals surface area contributed by atoms with Crippen LogP contribution in [0.25, 0.3) is 10.9 Å². The Labute approximate surface area is 215 Å². The molecule has 2 amide bonds. The fraction of sp³-hybridized carbons (Fsp3) is 0.241. The van der Waals surface area contributed by atoms with Gasteiger partial charge in [0.2, 0.25) is 5.91 Å². The summed E-state index contributed by atoms with van der Waals surface area (Å²) in [4.78, 5) is 25.9. The molecule has 0 bridgehead atoms. The molecule has 0 aliphatic heterocycles. The summed E-state index contributed by atoms with van der Waals surface area (Å²) in [5.74, 6) is -0.363. The molecular weight excluding hydrogens is 473 g/mol. The maximum atomic E-state index is 13.1. The number of aryl methyl sites for hydroxylation is 1. The molecule has 7 heteroatoms. The molecule has 4 aromatic rings. The van der Waals surface area contributed by atoms with Crippen LogP contribution in [0, 0.1) is 5.82 Å². The van der Waals surface area contributed by atoms with Gasteiger partial charge < -0.3 is 15.2 Å². The third-order valence-corrected chi connectivity index (χ3v) is 6.96. The van der Waals surface area contributed by atoms with Crippen molar-refractivity contribution in [1.82, 2.24) is 9.88 Å². The molecule has 0 fully saturated rings. The van der Waals surface area contributed by atoms with Gasteiger partial charge in [0.15, 0.2) is 0 Å². The van der Waals surface area contributed by atoms with E-state index in [1.165, 1.54) is 41.6 Å². The molecule has 1 heterocycles. The van der Waals surface area contributed by atoms with Crippen molar-refractivity contribution in [3.8, 4) is 0 Å². The summed E-state index contributed by atoms with van der Waals surface area (Å²) in [6.07, 6.45) is 5.41. The van der Waals surface area contributed by atoms with E-state index in [0.717, 1.165) is 40.7 Å². The van der Waals surface area contributed by atoms with Gasteiger partial charge in [-0.2, -0.15) is 0 Å². The van der Waals surface area contributed by atoms with E-state index < -0.39 is 0 Å². The summed E-state index contributed by atoms with van der Waals surface area (Å²) < 4.78 is 15.2. The summed E-state index contributed by atoms with van der Waals surface area (Å²) in [5, 5.41) is 6.93. The van der Waals surface area contributed by atoms with Crippen molar-refractivity contribution in [1.29, 1.82) is 0 Å². The number of aromatic nitrogens is 1. The molecule has 1 aromatic heterocycles. The highest BCUT2D eigenvalue weighted by atomic mass is 32.2. The number of hydrogen-bond acceptors (Lipinski definition) is 3. The van der Waals surface area contributed by atoms with Gasteiger partial charge in [0, 0.05) is 46.3 Å². The number of nitrogens with zero attached hydrogens (tertiary/aromatic N) is 1. The predicted molar refractivity (Wildman–Crippen MR) is 145 cm³/mol. The number of fused-ring (bicyclic) bond motifs is 1. The zero-order valence-electron chi connectivity index (χ0n) is 20.3. The normalized spacial score (nSPS) is 10.9. The molecule has 0 aliphatic rings. The minimum absolute atomic E-state index is 0.0512. The molecule has 0 radical (unpaired) electrons. The quantitative estimate of drug-likeness (QED) is 0.237. The molecule has 0 aliphatic carbocycles. The second kappa shape index (κ2) is 12.4. The van der Waals surface area contributed by atoms with E-state index in [0.29, 0.717) is 24.4 Å². The Morgan fingerprint density at radius 2 is 1.72 bits per heavy atom. The molecular formula is C29H30FN3O2S. The Morgan fingerprint density at radius 3 is 2.47 bits per heavy atom. The van der Waals surface area contributed by atoms with Crippen molar-refractivity contribution in [2.45, 2.75) is 37.6 Å². The lowest BCUT2D eigenvalue weighted by molar-refractivity contribution is -0.113. The van der Waals surface area contributed by atoms with Crippen molar-refractivity contribution in [3.63, 3.8) is 0 Å². The van der Waals surface area contributed by atoms with Crippen LogP contribution in [0.1, 0.15) is 35.7 Å². The standard InChI is InChI=1S/C29H30FN3O2S/c1-2-3-6-21-9-15-24(16-10-21)32-28(34)20-36-27-19-33(26-8-5-4-7-25(26)27)18-17-31-29(35)22-11-13-23(30)14-12-22/h4-5,7-16,19H,2-3,6,17-18,20H2,1H3,(H,31,35)(H,32,34). The molecule has 0 saturated carbocycles. The van der Waals surface area contributed by atoms with Gasteiger partial charge in [0.05, 0.1) is 5.75 Å². The highest BCUT2D eigenvalue weighted by Gasteiger charge is 2.12. The molecule has 4 rings (SSSR count). The average molecular weight is 504 g/mol. The van der Waals surface area contributed by atoms with Crippen LogP contribution < -0.4 is 10.6 Å². The van der Waals surface area contributed by atoms with Gasteiger partial charge in [-0.1, -0.05) is 43.7 Å². The SMILES string of the molecule is CCCCc1ccc(NC(=O)CSc2cn(CCNC(=O)c3ccc(F)cc3)c3ccccc23)cc1. The van der Waals surface area contributed by atoms with E-state index in [1.54, 1.807) is 0 Å². The molecule has 0 unspecified atom stereocenters. The van der Waals surface area contributed by atoms with Gasteiger partial charge in [0.25, 0.3) is 5.91 Å². The van der Waals surface area contributed by atoms with E-state index in [9.17, 15) is 14.0 Å². The Bertz CT molecular complexity index is 1320. The van der Waals surface area contributed by atoms with Gasteiger partial charge in [-0.3, -0.25) is 9.59 Å². The third-order valence-electron chi connectivity index (χ3n) is 5.91. The van der Waals surface area contributed by atoms with Gasteiger partial charge in [0.1, 0.15) is 5.82 Å². The van der Waals surface area contributed by atoms with Crippen LogP contribution in [0.2, 0.25) is 0 Å². The summed E-state index contributed by atoms with van der Waals surface area (Å²) in [5.41, 5.74) is 3.55. The van der Waals surface area contributed by atoms with Crippen LogP contribution in [0.4, 0.5) is 10.1 Å². The third kappa shape index (κ3) is 6.76. The van der Waals surface area contributed by atoms with Crippen LogP contribution >= 0.6 is 11.8 Å². The number of para-hydroxylation sites is 1. The molecule has 186 valence electrons. The van der Waals surface area contributed by atoms with Gasteiger partial charge in [-0.05, 0) is 60.9 Å². The zero-order chi connectivity index (χ0) is 25.3. The predicted octanol–water partition coefficient (Wildman–Crippen LogP) is 6.28. The summed E-state index contributed by atoms with van der Waals surface area (Å²) in [6.45, 7) is 3.18. The Kier molecular flexibility index (Phi) is 8.79. The first-order chi connectivity index (χ1) is 17.5. The monoisotopic (exact) mass is 503 g/mol. The minimum atomic E-state index is -0.371. The number of rotatable bonds is 11. The summed E-state index contributed by atoms with van der Waals surface area (Å²) in [6, 6.07) is 21.6. The lowest BCUT2D eigenvalue weighted by Gasteiger charge is -2.08. The molecule has 36 heavy (non-hydrogen) atoms. The molecule has 0 spiro atoms. The Balaban J connectivity index is 1.33. The smallest absolute Gasteiger partial charge is 0.251 e. The Morgan fingerprint density at radius 1 is 0.972 bits per heavy atom. The maximum absolute atomic E-state index is 13.1. The lowest BCUT2D eigenvalue weighted by Crippen LogP contribution is -2.27. The lowest BCUT2D eigenvalue weighted by atomic mass is 10.1. The fourth-order valence-electron chi connectivity index (χ4n) is 3.98. The number of amides is 2. The number of thioether (sulfide) groups is 1. The largest absolute Gasteiger partial charge is 0.350 e. The maximum Gasteiger partial charge on any atom is 0.251 e. The second-order valence-electron chi connectivity index (χ2n) is 8.60. The number of carbonyl (C=O) groups is 2. The zero-order valence-corrected chi connectivity index (χ0v) is 21.1. The van der Waals surface area contributed by atoms with Gasteiger partial charge >= 0.3 is 0 Å². The van der Waals surface area contributed by atoms with Crippen molar-refractivity contribution in [2.24, 2.45) is 0 Å². The number of hydrogen-bond donors (Lipinski definition) is 2. The highest BCUT2D eigenvalue weighted by Crippen LogP contribution is 2.30. The number of carbonyl (C=O) groups excluding carboxylic acids is 2. The van der Waals surface area contributed by atoms with Crippen molar-refractivity contribution in [3.05, 3.63) is 95.9 Å². The summed E-state index contributed by atoms with van der Waals surface area (Å²) >= 11 is 1.49. The molecule has 0 atom stereocenters. The number of nitrogens with one attached hydrogen (secondary N) is 2. The van der Waals surface area contributed by atoms with Gasteiger partial charge in [-0.25, -0.2) is 4.39 Å². The number of benzene rings is 3. The minimum Gasteiger partial charge on any atom is -0.350 e. The van der Waals surface area contributed by atoms with Crippen LogP contribution in [-0.2, 0) is 17.8 Å². The second-order valence-corrected chi connectivity index (χ2v) is 9.62. The average Bonchev–Trinajstić information content (AvgIpc) is 3.25. The van der Waals surface area contributed by atoms with Crippen LogP contribution in [0.15, 0.2) is 83.9 Å². The van der Waals surface area contributed by atoms with Crippen LogP contribution in [0.5, 0.6) is 0 Å². The number of halogens is 1. The van der Waals surface area contributed by atoms with E-state index in [1.807, 2.05) is 42.6 Å². The summed E-state index contributed by atoms with van der Waals surface area (Å²) in [7, 11) is 0. The molecule has 5 nitrogen and oxygen atoms in total. The first-order valence-electron chi connectivity index (χ1n) is 12.2. The van der Waals surface area contributed by atoms with E-state index in [4.69, 9.17) is 0 Å². The van der Waals surface area contributed by atoms with Gasteiger partial charge in [-0.15, -0.1) is 11.8 Å². The first kappa shape index (κ1) is 25.5. The van der Waals surface area contributed by atoms with E-state index in [2.05, 4.69) is 34.3 Å². The molecule has 0 saturated heterocycles. The first-order valence-corrected chi connectivity index (χ1v) is 13.2. The number of unbranched alkanes of at least 4 members (excludes halogenated alkanes) is 1. The fourth-order valence-corrected chi connectivity index (χ4v) is 4.87. The number of anilines is 1. The molecule has 2 N–H and O–H groups in total. The van der Waals surface area contributed by atoms with E-state index in [-0.39, 0.29) is 17.6 Å². The van der Waals surface area contributed by atoms with Crippen molar-refractivity contribution in [2.75, 3.05) is 17.6 Å². The van der Waals surface area contributed by atoms with E-state index >= 15 is 0 Å².